The van der Waals surface area contributed by atoms with Gasteiger partial charge in [0.1, 0.15) is 0 Å². The lowest BCUT2D eigenvalue weighted by molar-refractivity contribution is 0.109. The molecule has 1 atom stereocenters. The van der Waals surface area contributed by atoms with Crippen molar-refractivity contribution in [3.05, 3.63) is 23.0 Å². The summed E-state index contributed by atoms with van der Waals surface area (Å²) in [4.78, 5) is 5.89. The van der Waals surface area contributed by atoms with Gasteiger partial charge in [0, 0.05) is 30.6 Å². The van der Waals surface area contributed by atoms with Crippen molar-refractivity contribution >= 4 is 16.3 Å². The topological polar surface area (TPSA) is 49.6 Å². The number of hydrogen-bond donors (Lipinski definition) is 2. The molecule has 21 heavy (non-hydrogen) atoms. The Bertz CT molecular complexity index is 610. The van der Waals surface area contributed by atoms with Crippen LogP contribution in [0.4, 0.5) is 0 Å². The van der Waals surface area contributed by atoms with Crippen LogP contribution in [0.3, 0.4) is 0 Å². The highest BCUT2D eigenvalue weighted by molar-refractivity contribution is 7.15. The minimum Gasteiger partial charge on any atom is -0.392 e. The van der Waals surface area contributed by atoms with Crippen LogP contribution in [0, 0.1) is 5.92 Å². The molecule has 114 valence electrons. The number of rotatable bonds is 6. The number of hydrogen-bond acceptors (Lipinski definition) is 4. The number of imidazole rings is 1. The van der Waals surface area contributed by atoms with Crippen molar-refractivity contribution < 1.29 is 5.11 Å². The highest BCUT2D eigenvalue weighted by atomic mass is 32.1. The van der Waals surface area contributed by atoms with Gasteiger partial charge in [-0.1, -0.05) is 12.8 Å². The zero-order valence-electron chi connectivity index (χ0n) is 12.3. The highest BCUT2D eigenvalue weighted by Crippen LogP contribution is 2.41. The van der Waals surface area contributed by atoms with Crippen LogP contribution in [0.5, 0.6) is 0 Å². The van der Waals surface area contributed by atoms with Crippen LogP contribution in [0.15, 0.2) is 11.6 Å². The van der Waals surface area contributed by atoms with E-state index in [1.165, 1.54) is 49.9 Å². The van der Waals surface area contributed by atoms with Gasteiger partial charge in [0.25, 0.3) is 0 Å². The molecule has 0 spiro atoms. The number of thiazole rings is 1. The summed E-state index contributed by atoms with van der Waals surface area (Å²) in [6, 6.07) is 0. The van der Waals surface area contributed by atoms with Gasteiger partial charge in [0.2, 0.25) is 0 Å². The minimum absolute atomic E-state index is 0.192. The summed E-state index contributed by atoms with van der Waals surface area (Å²) in [5.74, 6) is 1.18. The zero-order valence-corrected chi connectivity index (χ0v) is 13.1. The normalized spacial score (nSPS) is 21.4. The van der Waals surface area contributed by atoms with Gasteiger partial charge in [-0.3, -0.25) is 4.40 Å². The lowest BCUT2D eigenvalue weighted by Gasteiger charge is -2.18. The molecule has 2 aromatic heterocycles. The van der Waals surface area contributed by atoms with E-state index in [1.54, 1.807) is 11.3 Å². The fraction of sp³-hybridized carbons (Fsp3) is 0.688. The molecule has 4 rings (SSSR count). The molecule has 5 heteroatoms. The summed E-state index contributed by atoms with van der Waals surface area (Å²) < 4.78 is 2.22. The molecule has 2 aliphatic carbocycles. The summed E-state index contributed by atoms with van der Waals surface area (Å²) in [5, 5.41) is 15.8. The quantitative estimate of drug-likeness (QED) is 0.863. The molecule has 0 bridgehead atoms. The van der Waals surface area contributed by atoms with E-state index < -0.39 is 0 Å². The van der Waals surface area contributed by atoms with Gasteiger partial charge in [0.15, 0.2) is 4.96 Å². The maximum atomic E-state index is 10.3. The van der Waals surface area contributed by atoms with E-state index in [2.05, 4.69) is 21.3 Å². The third-order valence-corrected chi connectivity index (χ3v) is 5.70. The molecule has 0 aromatic carbocycles. The molecule has 2 aliphatic rings. The van der Waals surface area contributed by atoms with E-state index in [9.17, 15) is 5.11 Å². The molecule has 1 unspecified atom stereocenters. The average molecular weight is 305 g/mol. The molecular formula is C16H23N3OS. The fourth-order valence-corrected chi connectivity index (χ4v) is 4.30. The van der Waals surface area contributed by atoms with Gasteiger partial charge in [0.05, 0.1) is 17.5 Å². The van der Waals surface area contributed by atoms with Gasteiger partial charge in [-0.15, -0.1) is 11.3 Å². The lowest BCUT2D eigenvalue weighted by atomic mass is 10.0. The van der Waals surface area contributed by atoms with Crippen molar-refractivity contribution in [3.8, 4) is 0 Å². The van der Waals surface area contributed by atoms with Crippen LogP contribution in [-0.2, 0) is 6.54 Å². The predicted octanol–water partition coefficient (Wildman–Crippen LogP) is 2.91. The average Bonchev–Trinajstić information content (AvgIpc) is 2.94. The molecule has 2 N–H and O–H groups in total. The Labute approximate surface area is 129 Å². The fourth-order valence-electron chi connectivity index (χ4n) is 3.56. The van der Waals surface area contributed by atoms with Gasteiger partial charge >= 0.3 is 0 Å². The second-order valence-corrected chi connectivity index (χ2v) is 7.39. The Balaban J connectivity index is 1.41. The third kappa shape index (κ3) is 2.74. The van der Waals surface area contributed by atoms with Crippen LogP contribution < -0.4 is 5.32 Å². The van der Waals surface area contributed by atoms with Gasteiger partial charge in [-0.05, 0) is 31.6 Å². The number of nitrogens with zero attached hydrogens (tertiary/aromatic N) is 2. The number of aliphatic hydroxyl groups is 1. The van der Waals surface area contributed by atoms with E-state index in [0.717, 1.165) is 11.5 Å². The first-order valence-corrected chi connectivity index (χ1v) is 9.04. The van der Waals surface area contributed by atoms with Crippen molar-refractivity contribution in [3.63, 3.8) is 0 Å². The van der Waals surface area contributed by atoms with E-state index in [0.29, 0.717) is 18.4 Å². The predicted molar refractivity (Wildman–Crippen MR) is 84.7 cm³/mol. The van der Waals surface area contributed by atoms with Crippen molar-refractivity contribution in [1.82, 2.24) is 14.7 Å². The van der Waals surface area contributed by atoms with Gasteiger partial charge in [-0.2, -0.15) is 0 Å². The van der Waals surface area contributed by atoms with Crippen LogP contribution >= 0.6 is 11.3 Å². The summed E-state index contributed by atoms with van der Waals surface area (Å²) in [7, 11) is 0. The Hall–Kier alpha value is -0.910. The first-order chi connectivity index (χ1) is 10.3. The molecule has 0 saturated heterocycles. The largest absolute Gasteiger partial charge is 0.392 e. The highest BCUT2D eigenvalue weighted by Gasteiger charge is 2.30. The molecule has 0 aliphatic heterocycles. The number of aliphatic hydroxyl groups excluding tert-OH is 1. The second-order valence-electron chi connectivity index (χ2n) is 6.52. The SMILES string of the molecule is OC(CNCc1c(C2CC2)nc2sccn12)C1CCCC1. The number of aromatic nitrogens is 2. The van der Waals surface area contributed by atoms with Gasteiger partial charge in [-0.25, -0.2) is 4.98 Å². The Kier molecular flexibility index (Phi) is 3.73. The molecule has 0 radical (unpaired) electrons. The van der Waals surface area contributed by atoms with Crippen molar-refractivity contribution in [2.75, 3.05) is 6.54 Å². The first-order valence-electron chi connectivity index (χ1n) is 8.16. The second kappa shape index (κ2) is 5.71. The van der Waals surface area contributed by atoms with Crippen LogP contribution in [0.2, 0.25) is 0 Å². The Morgan fingerprint density at radius 3 is 2.90 bits per heavy atom. The van der Waals surface area contributed by atoms with E-state index in [4.69, 9.17) is 4.98 Å². The standard InChI is InChI=1S/C16H23N3OS/c20-14(11-3-1-2-4-11)10-17-9-13-15(12-5-6-12)18-16-19(13)7-8-21-16/h7-8,11-12,14,17,20H,1-6,9-10H2. The monoisotopic (exact) mass is 305 g/mol. The summed E-state index contributed by atoms with van der Waals surface area (Å²) in [6.07, 6.45) is 9.43. The van der Waals surface area contributed by atoms with E-state index in [-0.39, 0.29) is 6.10 Å². The number of fused-ring (bicyclic) bond motifs is 1. The van der Waals surface area contributed by atoms with Gasteiger partial charge < -0.3 is 10.4 Å². The van der Waals surface area contributed by atoms with Crippen LogP contribution in [-0.4, -0.2) is 27.1 Å². The molecule has 2 aromatic rings. The molecular weight excluding hydrogens is 282 g/mol. The molecule has 4 nitrogen and oxygen atoms in total. The Morgan fingerprint density at radius 1 is 1.33 bits per heavy atom. The Morgan fingerprint density at radius 2 is 2.14 bits per heavy atom. The van der Waals surface area contributed by atoms with E-state index in [1.807, 2.05) is 0 Å². The molecule has 2 saturated carbocycles. The number of nitrogens with one attached hydrogen (secondary N) is 1. The summed E-state index contributed by atoms with van der Waals surface area (Å²) in [6.45, 7) is 1.51. The van der Waals surface area contributed by atoms with Crippen LogP contribution in [0.25, 0.3) is 4.96 Å². The van der Waals surface area contributed by atoms with Crippen LogP contribution in [0.1, 0.15) is 55.8 Å². The van der Waals surface area contributed by atoms with Crippen molar-refractivity contribution in [2.24, 2.45) is 5.92 Å². The molecule has 2 heterocycles. The summed E-state index contributed by atoms with van der Waals surface area (Å²) >= 11 is 1.70. The van der Waals surface area contributed by atoms with E-state index >= 15 is 0 Å². The minimum atomic E-state index is -0.192. The lowest BCUT2D eigenvalue weighted by Crippen LogP contribution is -2.32. The molecule has 2 fully saturated rings. The van der Waals surface area contributed by atoms with Crippen molar-refractivity contribution in [2.45, 2.75) is 57.1 Å². The third-order valence-electron chi connectivity index (χ3n) is 4.95. The smallest absolute Gasteiger partial charge is 0.194 e. The maximum absolute atomic E-state index is 10.3. The van der Waals surface area contributed by atoms with Crippen molar-refractivity contribution in [1.29, 1.82) is 0 Å². The first kappa shape index (κ1) is 13.7. The zero-order chi connectivity index (χ0) is 14.2. The maximum Gasteiger partial charge on any atom is 0.194 e. The molecule has 0 amide bonds. The summed E-state index contributed by atoms with van der Waals surface area (Å²) in [5.41, 5.74) is 2.58.